The summed E-state index contributed by atoms with van der Waals surface area (Å²) >= 11 is 1.50. The molecule has 1 amide bonds. The van der Waals surface area contributed by atoms with Gasteiger partial charge >= 0.3 is 0 Å². The first-order valence-corrected chi connectivity index (χ1v) is 5.73. The molecule has 0 unspecified atom stereocenters. The molecule has 0 aromatic carbocycles. The van der Waals surface area contributed by atoms with Crippen LogP contribution in [-0.4, -0.2) is 15.9 Å². The van der Waals surface area contributed by atoms with Crippen molar-refractivity contribution in [1.29, 1.82) is 0 Å². The van der Waals surface area contributed by atoms with Gasteiger partial charge in [0, 0.05) is 11.1 Å². The molecule has 0 saturated carbocycles. The van der Waals surface area contributed by atoms with Crippen molar-refractivity contribution in [2.45, 2.75) is 13.3 Å². The second-order valence-electron chi connectivity index (χ2n) is 3.30. The number of pyridine rings is 1. The number of aryl methyl sites for hydroxylation is 1. The third-order valence-corrected chi connectivity index (χ3v) is 3.03. The van der Waals surface area contributed by atoms with Gasteiger partial charge in [-0.05, 0) is 19.1 Å². The molecular formula is C11H11N3OS. The van der Waals surface area contributed by atoms with E-state index in [1.54, 1.807) is 17.8 Å². The summed E-state index contributed by atoms with van der Waals surface area (Å²) in [5.74, 6) is 0.515. The summed E-state index contributed by atoms with van der Waals surface area (Å²) < 4.78 is 0. The van der Waals surface area contributed by atoms with E-state index in [4.69, 9.17) is 0 Å². The third-order valence-electron chi connectivity index (χ3n) is 2.10. The van der Waals surface area contributed by atoms with E-state index in [0.717, 1.165) is 10.6 Å². The highest BCUT2D eigenvalue weighted by molar-refractivity contribution is 7.09. The Morgan fingerprint density at radius 2 is 2.31 bits per heavy atom. The summed E-state index contributed by atoms with van der Waals surface area (Å²) in [6.45, 7) is 1.90. The Morgan fingerprint density at radius 3 is 2.94 bits per heavy atom. The highest BCUT2D eigenvalue weighted by atomic mass is 32.1. The second kappa shape index (κ2) is 4.85. The predicted molar refractivity (Wildman–Crippen MR) is 63.4 cm³/mol. The number of thiazole rings is 1. The molecule has 0 fully saturated rings. The van der Waals surface area contributed by atoms with Crippen molar-refractivity contribution in [2.75, 3.05) is 5.32 Å². The maximum absolute atomic E-state index is 11.7. The van der Waals surface area contributed by atoms with Crippen LogP contribution in [0.5, 0.6) is 0 Å². The topological polar surface area (TPSA) is 54.9 Å². The van der Waals surface area contributed by atoms with Gasteiger partial charge in [-0.25, -0.2) is 9.97 Å². The summed E-state index contributed by atoms with van der Waals surface area (Å²) in [7, 11) is 0. The maximum atomic E-state index is 11.7. The van der Waals surface area contributed by atoms with Crippen LogP contribution < -0.4 is 5.32 Å². The fraction of sp³-hybridized carbons (Fsp3) is 0.182. The first-order valence-electron chi connectivity index (χ1n) is 4.85. The second-order valence-corrected chi connectivity index (χ2v) is 4.24. The number of nitrogens with one attached hydrogen (secondary N) is 1. The Kier molecular flexibility index (Phi) is 3.26. The van der Waals surface area contributed by atoms with Crippen molar-refractivity contribution in [2.24, 2.45) is 0 Å². The third kappa shape index (κ3) is 2.64. The number of anilines is 1. The first kappa shape index (κ1) is 10.8. The number of hydrogen-bond donors (Lipinski definition) is 1. The zero-order valence-corrected chi connectivity index (χ0v) is 9.62. The molecule has 0 aliphatic carbocycles. The summed E-state index contributed by atoms with van der Waals surface area (Å²) in [4.78, 5) is 20.8. The zero-order chi connectivity index (χ0) is 11.4. The highest BCUT2D eigenvalue weighted by Gasteiger charge is 2.08. The standard InChI is InChI=1S/C11H11N3OS/c1-8-9(16-7-13-8)6-11(15)14-10-4-2-3-5-12-10/h2-5,7H,6H2,1H3,(H,12,14,15). The van der Waals surface area contributed by atoms with Crippen LogP contribution in [0.2, 0.25) is 0 Å². The first-order chi connectivity index (χ1) is 7.75. The van der Waals surface area contributed by atoms with E-state index in [1.165, 1.54) is 11.3 Å². The molecule has 2 aromatic rings. The zero-order valence-electron chi connectivity index (χ0n) is 8.80. The van der Waals surface area contributed by atoms with E-state index in [2.05, 4.69) is 15.3 Å². The molecule has 2 aromatic heterocycles. The molecule has 5 heteroatoms. The van der Waals surface area contributed by atoms with Gasteiger partial charge in [0.05, 0.1) is 17.6 Å². The molecule has 0 atom stereocenters. The molecule has 1 N–H and O–H groups in total. The van der Waals surface area contributed by atoms with Crippen molar-refractivity contribution in [3.8, 4) is 0 Å². The Bertz CT molecular complexity index is 481. The van der Waals surface area contributed by atoms with Crippen LogP contribution in [0.4, 0.5) is 5.82 Å². The molecule has 16 heavy (non-hydrogen) atoms. The lowest BCUT2D eigenvalue weighted by Gasteiger charge is -2.02. The molecule has 2 rings (SSSR count). The predicted octanol–water partition coefficient (Wildman–Crippen LogP) is 2.03. The summed E-state index contributed by atoms with van der Waals surface area (Å²) in [6, 6.07) is 5.40. The van der Waals surface area contributed by atoms with Gasteiger partial charge in [0.15, 0.2) is 0 Å². The quantitative estimate of drug-likeness (QED) is 0.882. The van der Waals surface area contributed by atoms with Crippen molar-refractivity contribution >= 4 is 23.1 Å². The van der Waals surface area contributed by atoms with E-state index < -0.39 is 0 Å². The van der Waals surface area contributed by atoms with Gasteiger partial charge in [-0.15, -0.1) is 11.3 Å². The van der Waals surface area contributed by atoms with Crippen LogP contribution in [0.15, 0.2) is 29.9 Å². The summed E-state index contributed by atoms with van der Waals surface area (Å²) in [5, 5.41) is 2.74. The van der Waals surface area contributed by atoms with Crippen LogP contribution in [-0.2, 0) is 11.2 Å². The van der Waals surface area contributed by atoms with E-state index in [9.17, 15) is 4.79 Å². The molecular weight excluding hydrogens is 222 g/mol. The number of rotatable bonds is 3. The lowest BCUT2D eigenvalue weighted by Crippen LogP contribution is -2.14. The summed E-state index contributed by atoms with van der Waals surface area (Å²) in [5.41, 5.74) is 2.67. The van der Waals surface area contributed by atoms with Crippen LogP contribution in [0.3, 0.4) is 0 Å². The number of carbonyl (C=O) groups excluding carboxylic acids is 1. The normalized spacial score (nSPS) is 10.1. The van der Waals surface area contributed by atoms with E-state index in [-0.39, 0.29) is 5.91 Å². The highest BCUT2D eigenvalue weighted by Crippen LogP contribution is 2.13. The number of carbonyl (C=O) groups is 1. The van der Waals surface area contributed by atoms with E-state index in [0.29, 0.717) is 12.2 Å². The largest absolute Gasteiger partial charge is 0.310 e. The maximum Gasteiger partial charge on any atom is 0.230 e. The molecule has 0 saturated heterocycles. The van der Waals surface area contributed by atoms with Gasteiger partial charge in [0.2, 0.25) is 5.91 Å². The van der Waals surface area contributed by atoms with Gasteiger partial charge in [0.1, 0.15) is 5.82 Å². The molecule has 0 spiro atoms. The minimum absolute atomic E-state index is 0.0638. The smallest absolute Gasteiger partial charge is 0.230 e. The lowest BCUT2D eigenvalue weighted by atomic mass is 10.3. The molecule has 4 nitrogen and oxygen atoms in total. The minimum Gasteiger partial charge on any atom is -0.310 e. The molecule has 2 heterocycles. The van der Waals surface area contributed by atoms with Crippen molar-refractivity contribution < 1.29 is 4.79 Å². The lowest BCUT2D eigenvalue weighted by molar-refractivity contribution is -0.115. The fourth-order valence-electron chi connectivity index (χ4n) is 1.27. The Labute approximate surface area is 97.4 Å². The number of hydrogen-bond acceptors (Lipinski definition) is 4. The average molecular weight is 233 g/mol. The number of aromatic nitrogens is 2. The Hall–Kier alpha value is -1.75. The molecule has 0 bridgehead atoms. The fourth-order valence-corrected chi connectivity index (χ4v) is 2.04. The monoisotopic (exact) mass is 233 g/mol. The van der Waals surface area contributed by atoms with Gasteiger partial charge in [-0.3, -0.25) is 4.79 Å². The van der Waals surface area contributed by atoms with Gasteiger partial charge in [-0.2, -0.15) is 0 Å². The van der Waals surface area contributed by atoms with Crippen LogP contribution >= 0.6 is 11.3 Å². The van der Waals surface area contributed by atoms with Gasteiger partial charge < -0.3 is 5.32 Å². The van der Waals surface area contributed by atoms with Crippen molar-refractivity contribution in [1.82, 2.24) is 9.97 Å². The molecule has 0 aliphatic rings. The minimum atomic E-state index is -0.0638. The molecule has 0 radical (unpaired) electrons. The van der Waals surface area contributed by atoms with Crippen molar-refractivity contribution in [3.63, 3.8) is 0 Å². The number of nitrogens with zero attached hydrogens (tertiary/aromatic N) is 2. The van der Waals surface area contributed by atoms with Gasteiger partial charge in [-0.1, -0.05) is 6.07 Å². The number of amides is 1. The average Bonchev–Trinajstić information content (AvgIpc) is 2.66. The van der Waals surface area contributed by atoms with Crippen LogP contribution in [0, 0.1) is 6.92 Å². The van der Waals surface area contributed by atoms with Gasteiger partial charge in [0.25, 0.3) is 0 Å². The summed E-state index contributed by atoms with van der Waals surface area (Å²) in [6.07, 6.45) is 2.00. The van der Waals surface area contributed by atoms with E-state index >= 15 is 0 Å². The van der Waals surface area contributed by atoms with Crippen molar-refractivity contribution in [3.05, 3.63) is 40.5 Å². The molecule has 0 aliphatic heterocycles. The van der Waals surface area contributed by atoms with Crippen LogP contribution in [0.1, 0.15) is 10.6 Å². The Balaban J connectivity index is 1.98. The molecule has 82 valence electrons. The van der Waals surface area contributed by atoms with E-state index in [1.807, 2.05) is 19.1 Å². The van der Waals surface area contributed by atoms with Crippen LogP contribution in [0.25, 0.3) is 0 Å². The Morgan fingerprint density at radius 1 is 1.44 bits per heavy atom. The SMILES string of the molecule is Cc1ncsc1CC(=O)Nc1ccccn1.